The summed E-state index contributed by atoms with van der Waals surface area (Å²) >= 11 is 6.03. The number of aromatic nitrogens is 8. The number of hydrogen-bond acceptors (Lipinski definition) is 15. The molecule has 8 N–H and O–H groups in total. The van der Waals surface area contributed by atoms with Crippen LogP contribution in [0.3, 0.4) is 0 Å². The van der Waals surface area contributed by atoms with Gasteiger partial charge in [-0.3, -0.25) is 14.3 Å². The number of thioether (sulfide) groups is 1. The molecule has 17 nitrogen and oxygen atoms in total. The molecule has 0 amide bonds. The largest absolute Gasteiger partial charge is 0.396 e. The summed E-state index contributed by atoms with van der Waals surface area (Å²) in [4.78, 5) is 37.2. The van der Waals surface area contributed by atoms with Crippen molar-refractivity contribution in [2.24, 2.45) is 0 Å². The van der Waals surface area contributed by atoms with Crippen molar-refractivity contribution in [2.75, 3.05) is 30.4 Å². The monoisotopic (exact) mass is 680 g/mol. The predicted molar refractivity (Wildman–Crippen MR) is 152 cm³/mol. The molecular weight excluding hydrogens is 656 g/mol. The summed E-state index contributed by atoms with van der Waals surface area (Å²) in [6, 6.07) is 1.41. The van der Waals surface area contributed by atoms with Gasteiger partial charge >= 0.3 is 12.6 Å². The Balaban J connectivity index is 1.22. The average molecular weight is 681 g/mol. The van der Waals surface area contributed by atoms with Crippen LogP contribution >= 0.6 is 18.5 Å². The van der Waals surface area contributed by atoms with Crippen molar-refractivity contribution in [2.45, 2.75) is 47.9 Å². The fourth-order valence-corrected chi connectivity index (χ4v) is 8.09. The van der Waals surface area contributed by atoms with Crippen LogP contribution in [0.5, 0.6) is 0 Å². The number of nitrogen functional groups attached to an aromatic ring is 2. The Morgan fingerprint density at radius 2 is 2.07 bits per heavy atom. The smallest absolute Gasteiger partial charge is 0.325 e. The van der Waals surface area contributed by atoms with E-state index in [9.17, 15) is 19.9 Å². The van der Waals surface area contributed by atoms with Crippen molar-refractivity contribution in [3.8, 4) is 0 Å². The van der Waals surface area contributed by atoms with E-state index in [2.05, 4.69) is 30.2 Å². The normalized spacial score (nSPS) is 29.9. The van der Waals surface area contributed by atoms with Crippen LogP contribution < -0.4 is 17.0 Å². The predicted octanol–water partition coefficient (Wildman–Crippen LogP) is -0.0278. The molecule has 0 aliphatic carbocycles. The number of nitrogens with one attached hydrogen (secondary N) is 1. The van der Waals surface area contributed by atoms with Crippen LogP contribution in [0.25, 0.3) is 22.2 Å². The van der Waals surface area contributed by atoms with E-state index in [1.54, 1.807) is 0 Å². The standard InChI is InChI=1S/C21H24F3N10O7PS2/c22-20(2-4-35)6-44-17(34-15-10(31-32-34)16(37)30-19(26)29-15)12(20)41-42(38,43)39-5-9-11(36)21(23,24)18(40-9)33-3-1-8-13(25)27-7-28-14(8)33/h1,3,7,9,11-12,17-18,35-36H,2,4-6H2,(H,38,43)(H2,25,27,28)(H3,26,29,30,37)/t9-,11-,12+,17-,18-,20+,42?/m1/s1. The molecule has 44 heavy (non-hydrogen) atoms. The lowest BCUT2D eigenvalue weighted by Crippen LogP contribution is -2.42. The van der Waals surface area contributed by atoms with E-state index in [-0.39, 0.29) is 39.7 Å². The van der Waals surface area contributed by atoms with Crippen LogP contribution in [-0.4, -0.2) is 103 Å². The first-order chi connectivity index (χ1) is 20.8. The number of fused-ring (bicyclic) bond motifs is 2. The first kappa shape index (κ1) is 31.0. The van der Waals surface area contributed by atoms with Gasteiger partial charge in [-0.1, -0.05) is 5.21 Å². The van der Waals surface area contributed by atoms with Gasteiger partial charge in [-0.2, -0.15) is 13.8 Å². The first-order valence-corrected chi connectivity index (χ1v) is 16.4. The van der Waals surface area contributed by atoms with Crippen molar-refractivity contribution in [3.05, 3.63) is 28.9 Å². The zero-order chi connectivity index (χ0) is 31.6. The molecule has 6 rings (SSSR count). The number of rotatable bonds is 9. The molecule has 0 spiro atoms. The Morgan fingerprint density at radius 1 is 1.30 bits per heavy atom. The zero-order valence-electron chi connectivity index (χ0n) is 22.1. The van der Waals surface area contributed by atoms with Gasteiger partial charge in [0, 0.05) is 25.0 Å². The van der Waals surface area contributed by atoms with Gasteiger partial charge in [-0.15, -0.1) is 16.9 Å². The summed E-state index contributed by atoms with van der Waals surface area (Å²) < 4.78 is 64.9. The van der Waals surface area contributed by atoms with Crippen molar-refractivity contribution in [1.82, 2.24) is 39.5 Å². The summed E-state index contributed by atoms with van der Waals surface area (Å²) in [5.41, 5.74) is 8.13. The molecule has 4 aromatic heterocycles. The maximum Gasteiger partial charge on any atom is 0.325 e. The lowest BCUT2D eigenvalue weighted by molar-refractivity contribution is -0.138. The highest BCUT2D eigenvalue weighted by atomic mass is 32.5. The Kier molecular flexibility index (Phi) is 7.86. The topological polar surface area (TPSA) is 248 Å². The average Bonchev–Trinajstić information content (AvgIpc) is 3.69. The molecule has 2 fully saturated rings. The van der Waals surface area contributed by atoms with Gasteiger partial charge in [0.25, 0.3) is 5.56 Å². The van der Waals surface area contributed by atoms with Crippen LogP contribution in [0.15, 0.2) is 23.4 Å². The van der Waals surface area contributed by atoms with Gasteiger partial charge in [-0.05, 0) is 17.9 Å². The number of aromatic amines is 1. The second kappa shape index (κ2) is 11.1. The van der Waals surface area contributed by atoms with Crippen molar-refractivity contribution in [3.63, 3.8) is 0 Å². The minimum absolute atomic E-state index is 0.0263. The van der Waals surface area contributed by atoms with E-state index < -0.39 is 73.4 Å². The Morgan fingerprint density at radius 3 is 2.82 bits per heavy atom. The van der Waals surface area contributed by atoms with Gasteiger partial charge in [0.15, 0.2) is 22.9 Å². The number of hydrogen-bond donors (Lipinski definition) is 6. The SMILES string of the molecule is Nc1nc2c(nnn2[C@@H]2SC[C@@](F)(CCO)[C@H]2OP(O)(=S)OC[C@H]2O[C@@H](n3ccc4c(N)ncnc43)C(F)(F)[C@@H]2O)c(=O)[nH]1. The van der Waals surface area contributed by atoms with Crippen LogP contribution in [0.4, 0.5) is 24.9 Å². The Hall–Kier alpha value is -2.95. The van der Waals surface area contributed by atoms with E-state index in [4.69, 9.17) is 37.1 Å². The summed E-state index contributed by atoms with van der Waals surface area (Å²) in [6.45, 7) is -5.95. The minimum atomic E-state index is -4.47. The van der Waals surface area contributed by atoms with Crippen molar-refractivity contribution in [1.29, 1.82) is 0 Å². The number of anilines is 2. The quantitative estimate of drug-likeness (QED) is 0.127. The van der Waals surface area contributed by atoms with Crippen molar-refractivity contribution >= 4 is 64.3 Å². The molecule has 1 unspecified atom stereocenters. The van der Waals surface area contributed by atoms with Crippen molar-refractivity contribution < 1.29 is 42.1 Å². The fraction of sp³-hybridized carbons (Fsp3) is 0.524. The van der Waals surface area contributed by atoms with Gasteiger partial charge < -0.3 is 40.4 Å². The van der Waals surface area contributed by atoms with Crippen LogP contribution in [0.1, 0.15) is 18.0 Å². The number of H-pyrrole nitrogens is 1. The highest BCUT2D eigenvalue weighted by molar-refractivity contribution is 8.07. The van der Waals surface area contributed by atoms with E-state index in [0.717, 1.165) is 27.3 Å². The summed E-state index contributed by atoms with van der Waals surface area (Å²) in [6.07, 6.45) is -5.95. The number of alkyl halides is 3. The van der Waals surface area contributed by atoms with Gasteiger partial charge in [0.1, 0.15) is 35.4 Å². The van der Waals surface area contributed by atoms with Gasteiger partial charge in [0.2, 0.25) is 12.2 Å². The van der Waals surface area contributed by atoms with E-state index in [1.807, 2.05) is 0 Å². The molecule has 0 saturated carbocycles. The molecule has 0 radical (unpaired) electrons. The summed E-state index contributed by atoms with van der Waals surface area (Å²) in [5.74, 6) is -4.35. The highest BCUT2D eigenvalue weighted by Crippen LogP contribution is 2.56. The number of nitrogens with zero attached hydrogens (tertiary/aromatic N) is 7. The number of ether oxygens (including phenoxy) is 1. The van der Waals surface area contributed by atoms with E-state index in [0.29, 0.717) is 0 Å². The third kappa shape index (κ3) is 5.22. The maximum absolute atomic E-state index is 16.1. The number of aliphatic hydroxyl groups excluding tert-OH is 2. The van der Waals surface area contributed by atoms with Crippen LogP contribution in [0.2, 0.25) is 0 Å². The second-order valence-electron chi connectivity index (χ2n) is 10.0. The number of aliphatic hydroxyl groups is 2. The molecule has 0 aromatic carbocycles. The Bertz CT molecular complexity index is 1830. The zero-order valence-corrected chi connectivity index (χ0v) is 24.6. The van der Waals surface area contributed by atoms with Crippen LogP contribution in [-0.2, 0) is 25.6 Å². The van der Waals surface area contributed by atoms with E-state index in [1.165, 1.54) is 12.3 Å². The van der Waals surface area contributed by atoms with Crippen LogP contribution in [0, 0.1) is 0 Å². The third-order valence-electron chi connectivity index (χ3n) is 7.21. The molecule has 4 aromatic rings. The summed E-state index contributed by atoms with van der Waals surface area (Å²) in [5, 5.41) is 26.7. The molecule has 7 atom stereocenters. The first-order valence-electron chi connectivity index (χ1n) is 12.7. The number of halogens is 3. The lowest BCUT2D eigenvalue weighted by Gasteiger charge is -2.31. The summed E-state index contributed by atoms with van der Waals surface area (Å²) in [7, 11) is 0. The molecule has 238 valence electrons. The molecule has 6 heterocycles. The maximum atomic E-state index is 16.1. The molecule has 2 saturated heterocycles. The van der Waals surface area contributed by atoms with E-state index >= 15 is 13.2 Å². The Labute approximate surface area is 253 Å². The van der Waals surface area contributed by atoms with Gasteiger partial charge in [0.05, 0.1) is 12.0 Å². The molecular formula is C21H24F3N10O7PS2. The molecule has 2 aliphatic rings. The fourth-order valence-electron chi connectivity index (χ4n) is 5.05. The lowest BCUT2D eigenvalue weighted by atomic mass is 9.97. The molecule has 2 aliphatic heterocycles. The third-order valence-corrected chi connectivity index (χ3v) is 10.2. The van der Waals surface area contributed by atoms with Gasteiger partial charge in [-0.25, -0.2) is 19.0 Å². The second-order valence-corrected chi connectivity index (χ2v) is 13.9. The minimum Gasteiger partial charge on any atom is -0.396 e. The molecule has 23 heteroatoms. The highest BCUT2D eigenvalue weighted by Gasteiger charge is 2.60. The molecule has 0 bridgehead atoms. The number of nitrogens with two attached hydrogens (primary N) is 2.